The summed E-state index contributed by atoms with van der Waals surface area (Å²) in [5.41, 5.74) is 0.473. The van der Waals surface area contributed by atoms with Gasteiger partial charge in [0, 0.05) is 11.4 Å². The maximum absolute atomic E-state index is 11.7. The fourth-order valence-corrected chi connectivity index (χ4v) is 2.41. The molecule has 0 aliphatic carbocycles. The Labute approximate surface area is 128 Å². The Bertz CT molecular complexity index is 661. The lowest BCUT2D eigenvalue weighted by atomic mass is 10.3. The molecule has 0 aliphatic heterocycles. The van der Waals surface area contributed by atoms with Crippen molar-refractivity contribution in [3.05, 3.63) is 45.5 Å². The number of carbonyl (C=O) groups excluding carboxylic acids is 1. The van der Waals surface area contributed by atoms with Crippen LogP contribution in [-0.2, 0) is 10.7 Å². The molecule has 21 heavy (non-hydrogen) atoms. The second-order valence-corrected chi connectivity index (χ2v) is 4.96. The summed E-state index contributed by atoms with van der Waals surface area (Å²) in [4.78, 5) is 26.0. The van der Waals surface area contributed by atoms with Crippen molar-refractivity contribution >= 4 is 39.7 Å². The van der Waals surface area contributed by atoms with E-state index in [1.807, 2.05) is 0 Å². The number of rotatable bonds is 6. The lowest BCUT2D eigenvalue weighted by molar-refractivity contribution is -0.385. The molecular formula is C12H10ClN3O4S. The van der Waals surface area contributed by atoms with E-state index in [4.69, 9.17) is 16.3 Å². The number of anilines is 1. The first-order chi connectivity index (χ1) is 10.1. The third-order valence-electron chi connectivity index (χ3n) is 2.36. The molecule has 1 aromatic carbocycles. The average Bonchev–Trinajstić information content (AvgIpc) is 2.93. The van der Waals surface area contributed by atoms with Gasteiger partial charge in [-0.2, -0.15) is 0 Å². The van der Waals surface area contributed by atoms with Gasteiger partial charge in [-0.25, -0.2) is 4.98 Å². The van der Waals surface area contributed by atoms with Crippen LogP contribution in [0, 0.1) is 10.1 Å². The number of thiazole rings is 1. The largest absolute Gasteiger partial charge is 0.477 e. The van der Waals surface area contributed by atoms with Crippen molar-refractivity contribution in [3.8, 4) is 5.75 Å². The molecule has 1 amide bonds. The van der Waals surface area contributed by atoms with Crippen LogP contribution in [0.5, 0.6) is 5.75 Å². The van der Waals surface area contributed by atoms with Gasteiger partial charge in [-0.05, 0) is 6.07 Å². The lowest BCUT2D eigenvalue weighted by Crippen LogP contribution is -2.20. The van der Waals surface area contributed by atoms with E-state index < -0.39 is 10.8 Å². The molecule has 0 aliphatic rings. The van der Waals surface area contributed by atoms with E-state index in [-0.39, 0.29) is 23.9 Å². The Morgan fingerprint density at radius 3 is 2.90 bits per heavy atom. The molecule has 9 heteroatoms. The number of hydrogen-bond donors (Lipinski definition) is 1. The van der Waals surface area contributed by atoms with Crippen LogP contribution in [0.1, 0.15) is 5.69 Å². The van der Waals surface area contributed by atoms with E-state index in [2.05, 4.69) is 10.3 Å². The van der Waals surface area contributed by atoms with E-state index in [1.165, 1.54) is 29.5 Å². The Hall–Kier alpha value is -2.19. The maximum Gasteiger partial charge on any atom is 0.310 e. The highest BCUT2D eigenvalue weighted by Crippen LogP contribution is 2.25. The molecule has 1 heterocycles. The molecule has 110 valence electrons. The van der Waals surface area contributed by atoms with Gasteiger partial charge in [0.2, 0.25) is 0 Å². The Balaban J connectivity index is 1.94. The number of nitro benzene ring substituents is 1. The molecular weight excluding hydrogens is 318 g/mol. The lowest BCUT2D eigenvalue weighted by Gasteiger charge is -2.06. The number of halogens is 1. The standard InChI is InChI=1S/C12H10ClN3O4S/c13-5-8-7-21-12(14-8)15-11(17)6-20-10-4-2-1-3-9(10)16(18)19/h1-4,7H,5-6H2,(H,14,15,17). The highest BCUT2D eigenvalue weighted by molar-refractivity contribution is 7.13. The second kappa shape index (κ2) is 7.00. The summed E-state index contributed by atoms with van der Waals surface area (Å²) in [6, 6.07) is 5.85. The van der Waals surface area contributed by atoms with E-state index in [9.17, 15) is 14.9 Å². The van der Waals surface area contributed by atoms with Crippen molar-refractivity contribution < 1.29 is 14.5 Å². The Morgan fingerprint density at radius 1 is 1.48 bits per heavy atom. The number of hydrogen-bond acceptors (Lipinski definition) is 6. The van der Waals surface area contributed by atoms with Crippen molar-refractivity contribution in [3.63, 3.8) is 0 Å². The molecule has 0 bridgehead atoms. The molecule has 0 saturated carbocycles. The van der Waals surface area contributed by atoms with Crippen LogP contribution in [0.4, 0.5) is 10.8 Å². The highest BCUT2D eigenvalue weighted by atomic mass is 35.5. The first kappa shape index (κ1) is 15.2. The number of nitrogens with one attached hydrogen (secondary N) is 1. The van der Waals surface area contributed by atoms with Gasteiger partial charge >= 0.3 is 5.69 Å². The van der Waals surface area contributed by atoms with Crippen LogP contribution >= 0.6 is 22.9 Å². The third kappa shape index (κ3) is 4.14. The molecule has 7 nitrogen and oxygen atoms in total. The topological polar surface area (TPSA) is 94.4 Å². The van der Waals surface area contributed by atoms with Crippen LogP contribution < -0.4 is 10.1 Å². The number of nitrogens with zero attached hydrogens (tertiary/aromatic N) is 2. The van der Waals surface area contributed by atoms with Crippen molar-refractivity contribution in [2.45, 2.75) is 5.88 Å². The molecule has 1 aromatic heterocycles. The summed E-state index contributed by atoms with van der Waals surface area (Å²) < 4.78 is 5.16. The maximum atomic E-state index is 11.7. The van der Waals surface area contributed by atoms with Gasteiger partial charge in [-0.3, -0.25) is 20.2 Å². The Kier molecular flexibility index (Phi) is 5.07. The molecule has 0 unspecified atom stereocenters. The van der Waals surface area contributed by atoms with E-state index >= 15 is 0 Å². The first-order valence-electron chi connectivity index (χ1n) is 5.76. The van der Waals surface area contributed by atoms with Gasteiger partial charge in [0.15, 0.2) is 17.5 Å². The number of aromatic nitrogens is 1. The number of amides is 1. The minimum atomic E-state index is -0.569. The van der Waals surface area contributed by atoms with Crippen LogP contribution in [-0.4, -0.2) is 22.4 Å². The fourth-order valence-electron chi connectivity index (χ4n) is 1.45. The fraction of sp³-hybridized carbons (Fsp3) is 0.167. The van der Waals surface area contributed by atoms with Gasteiger partial charge in [0.1, 0.15) is 0 Å². The molecule has 2 aromatic rings. The number of carbonyl (C=O) groups is 1. The highest BCUT2D eigenvalue weighted by Gasteiger charge is 2.15. The summed E-state index contributed by atoms with van der Waals surface area (Å²) in [5, 5.41) is 15.5. The summed E-state index contributed by atoms with van der Waals surface area (Å²) in [7, 11) is 0. The molecule has 0 saturated heterocycles. The van der Waals surface area contributed by atoms with Crippen LogP contribution in [0.2, 0.25) is 0 Å². The quantitative estimate of drug-likeness (QED) is 0.500. The summed E-state index contributed by atoms with van der Waals surface area (Å²) in [5.74, 6) is -0.152. The molecule has 0 radical (unpaired) electrons. The zero-order valence-electron chi connectivity index (χ0n) is 10.6. The molecule has 1 N–H and O–H groups in total. The van der Waals surface area contributed by atoms with Crippen molar-refractivity contribution in [1.82, 2.24) is 4.98 Å². The minimum Gasteiger partial charge on any atom is -0.477 e. The normalized spacial score (nSPS) is 10.1. The molecule has 0 atom stereocenters. The van der Waals surface area contributed by atoms with Gasteiger partial charge in [0.25, 0.3) is 5.91 Å². The van der Waals surface area contributed by atoms with Crippen LogP contribution in [0.3, 0.4) is 0 Å². The van der Waals surface area contributed by atoms with Crippen molar-refractivity contribution in [2.24, 2.45) is 0 Å². The zero-order chi connectivity index (χ0) is 15.2. The number of benzene rings is 1. The van der Waals surface area contributed by atoms with Crippen molar-refractivity contribution in [2.75, 3.05) is 11.9 Å². The SMILES string of the molecule is O=C(COc1ccccc1[N+](=O)[O-])Nc1nc(CCl)cs1. The summed E-state index contributed by atoms with van der Waals surface area (Å²) in [6.07, 6.45) is 0. The van der Waals surface area contributed by atoms with Crippen molar-refractivity contribution in [1.29, 1.82) is 0 Å². The second-order valence-electron chi connectivity index (χ2n) is 3.84. The number of alkyl halides is 1. The first-order valence-corrected chi connectivity index (χ1v) is 7.18. The Morgan fingerprint density at radius 2 is 2.24 bits per heavy atom. The summed E-state index contributed by atoms with van der Waals surface area (Å²) in [6.45, 7) is -0.347. The van der Waals surface area contributed by atoms with Gasteiger partial charge in [-0.1, -0.05) is 12.1 Å². The minimum absolute atomic E-state index is 0.0400. The monoisotopic (exact) mass is 327 g/mol. The zero-order valence-corrected chi connectivity index (χ0v) is 12.2. The van der Waals surface area contributed by atoms with Crippen LogP contribution in [0.15, 0.2) is 29.6 Å². The van der Waals surface area contributed by atoms with Gasteiger partial charge < -0.3 is 4.74 Å². The van der Waals surface area contributed by atoms with Crippen LogP contribution in [0.25, 0.3) is 0 Å². The number of para-hydroxylation sites is 2. The predicted molar refractivity (Wildman–Crippen MR) is 78.9 cm³/mol. The van der Waals surface area contributed by atoms with Gasteiger partial charge in [-0.15, -0.1) is 22.9 Å². The molecule has 0 spiro atoms. The average molecular weight is 328 g/mol. The summed E-state index contributed by atoms with van der Waals surface area (Å²) >= 11 is 6.85. The van der Waals surface area contributed by atoms with E-state index in [0.29, 0.717) is 10.8 Å². The predicted octanol–water partition coefficient (Wildman–Crippen LogP) is 2.81. The smallest absolute Gasteiger partial charge is 0.310 e. The number of nitro groups is 1. The molecule has 2 rings (SSSR count). The van der Waals surface area contributed by atoms with E-state index in [1.54, 1.807) is 11.4 Å². The third-order valence-corrected chi connectivity index (χ3v) is 3.44. The molecule has 0 fully saturated rings. The van der Waals surface area contributed by atoms with E-state index in [0.717, 1.165) is 0 Å². The van der Waals surface area contributed by atoms with Gasteiger partial charge in [0.05, 0.1) is 16.5 Å². The number of ether oxygens (including phenoxy) is 1.